The lowest BCUT2D eigenvalue weighted by molar-refractivity contribution is -0.210. The van der Waals surface area contributed by atoms with Gasteiger partial charge in [0.05, 0.1) is 5.92 Å². The lowest BCUT2D eigenvalue weighted by Gasteiger charge is -2.19. The summed E-state index contributed by atoms with van der Waals surface area (Å²) in [6.45, 7) is 7.05. The Balaban J connectivity index is 4.08. The van der Waals surface area contributed by atoms with Crippen LogP contribution in [0.25, 0.3) is 0 Å². The van der Waals surface area contributed by atoms with Crippen molar-refractivity contribution in [2.75, 3.05) is 0 Å². The molecule has 1 unspecified atom stereocenters. The second-order valence-electron chi connectivity index (χ2n) is 3.52. The summed E-state index contributed by atoms with van der Waals surface area (Å²) in [4.78, 5) is 25.8. The summed E-state index contributed by atoms with van der Waals surface area (Å²) in [5.41, 5.74) is 3.05. The highest BCUT2D eigenvalue weighted by molar-refractivity contribution is 5.71. The first-order valence-electron chi connectivity index (χ1n) is 4.49. The average Bonchev–Trinajstić information content (AvgIpc) is 2.10. The molecule has 0 aromatic rings. The van der Waals surface area contributed by atoms with Gasteiger partial charge in [-0.2, -0.15) is 0 Å². The molecule has 0 aromatic heterocycles. The topological polar surface area (TPSA) is 66.7 Å². The molecule has 14 heavy (non-hydrogen) atoms. The van der Waals surface area contributed by atoms with E-state index >= 15 is 0 Å². The van der Waals surface area contributed by atoms with Crippen molar-refractivity contribution >= 4 is 12.4 Å². The minimum atomic E-state index is -0.796. The molecular weight excluding hydrogens is 186 g/mol. The fourth-order valence-corrected chi connectivity index (χ4v) is 0.615. The monoisotopic (exact) mass is 202 g/mol. The minimum absolute atomic E-state index is 0.0543. The third kappa shape index (κ3) is 4.81. The summed E-state index contributed by atoms with van der Waals surface area (Å²) in [5, 5.41) is 0. The van der Waals surface area contributed by atoms with Crippen molar-refractivity contribution in [1.29, 1.82) is 0 Å². The van der Waals surface area contributed by atoms with Crippen molar-refractivity contribution in [2.24, 2.45) is 11.8 Å². The lowest BCUT2D eigenvalue weighted by atomic mass is 10.2. The summed E-state index contributed by atoms with van der Waals surface area (Å²) in [7, 11) is 0. The number of carbonyl (C=O) groups excluding carboxylic acids is 2. The number of esters is 1. The Labute approximate surface area is 83.7 Å². The van der Waals surface area contributed by atoms with Crippen LogP contribution in [0.2, 0.25) is 0 Å². The summed E-state index contributed by atoms with van der Waals surface area (Å²) in [5.74, 6) is -0.651. The van der Waals surface area contributed by atoms with Gasteiger partial charge in [-0.05, 0) is 0 Å². The van der Waals surface area contributed by atoms with E-state index in [2.05, 4.69) is 10.3 Å². The standard InChI is InChI=1S/C9H16NO4/c1-6(2)8(12)13-9(7(3)4)14-10-5-11/h5-7,9H,1-4H3. The Kier molecular flexibility index (Phi) is 5.87. The fraction of sp³-hybridized carbons (Fsp3) is 0.778. The summed E-state index contributed by atoms with van der Waals surface area (Å²) in [6.07, 6.45) is -0.534. The van der Waals surface area contributed by atoms with E-state index in [1.807, 2.05) is 0 Å². The van der Waals surface area contributed by atoms with Gasteiger partial charge in [0, 0.05) is 5.92 Å². The van der Waals surface area contributed by atoms with Crippen molar-refractivity contribution in [3.8, 4) is 0 Å². The van der Waals surface area contributed by atoms with Gasteiger partial charge in [0.2, 0.25) is 6.29 Å². The smallest absolute Gasteiger partial charge is 0.310 e. The largest absolute Gasteiger partial charge is 0.433 e. The Morgan fingerprint density at radius 1 is 1.29 bits per heavy atom. The van der Waals surface area contributed by atoms with Gasteiger partial charge in [-0.15, -0.1) is 0 Å². The maximum absolute atomic E-state index is 11.2. The van der Waals surface area contributed by atoms with E-state index in [1.54, 1.807) is 27.7 Å². The van der Waals surface area contributed by atoms with Gasteiger partial charge in [-0.1, -0.05) is 33.2 Å². The van der Waals surface area contributed by atoms with Crippen molar-refractivity contribution in [3.63, 3.8) is 0 Å². The quantitative estimate of drug-likeness (QED) is 0.277. The predicted molar refractivity (Wildman–Crippen MR) is 48.8 cm³/mol. The Hall–Kier alpha value is -1.10. The van der Waals surface area contributed by atoms with E-state index in [9.17, 15) is 9.59 Å². The van der Waals surface area contributed by atoms with Crippen LogP contribution in [0.5, 0.6) is 0 Å². The van der Waals surface area contributed by atoms with E-state index in [0.29, 0.717) is 0 Å². The second-order valence-corrected chi connectivity index (χ2v) is 3.52. The van der Waals surface area contributed by atoms with Crippen LogP contribution in [-0.2, 0) is 19.2 Å². The third-order valence-corrected chi connectivity index (χ3v) is 1.46. The highest BCUT2D eigenvalue weighted by Gasteiger charge is 2.21. The zero-order chi connectivity index (χ0) is 11.1. The first kappa shape index (κ1) is 12.9. The predicted octanol–water partition coefficient (Wildman–Crippen LogP) is 0.860. The molecular formula is C9H16NO4. The van der Waals surface area contributed by atoms with Crippen molar-refractivity contribution in [3.05, 3.63) is 0 Å². The molecule has 0 heterocycles. The normalized spacial score (nSPS) is 12.7. The number of rotatable bonds is 6. The van der Waals surface area contributed by atoms with Crippen LogP contribution in [0.15, 0.2) is 0 Å². The number of hydroxylamine groups is 1. The zero-order valence-electron chi connectivity index (χ0n) is 8.89. The minimum Gasteiger partial charge on any atom is -0.433 e. The molecule has 0 rings (SSSR count). The second kappa shape index (κ2) is 6.37. The van der Waals surface area contributed by atoms with E-state index in [4.69, 9.17) is 4.74 Å². The molecule has 0 saturated carbocycles. The summed E-state index contributed by atoms with van der Waals surface area (Å²) < 4.78 is 4.96. The van der Waals surface area contributed by atoms with Crippen molar-refractivity contribution in [1.82, 2.24) is 5.48 Å². The number of carbonyl (C=O) groups is 2. The summed E-state index contributed by atoms with van der Waals surface area (Å²) in [6, 6.07) is 0. The molecule has 1 amide bonds. The molecule has 0 aromatic carbocycles. The average molecular weight is 202 g/mol. The van der Waals surface area contributed by atoms with Crippen LogP contribution in [0.3, 0.4) is 0 Å². The van der Waals surface area contributed by atoms with Gasteiger partial charge in [-0.3, -0.25) is 9.59 Å². The highest BCUT2D eigenvalue weighted by Crippen LogP contribution is 2.10. The van der Waals surface area contributed by atoms with Crippen LogP contribution in [0.4, 0.5) is 0 Å². The Morgan fingerprint density at radius 2 is 1.86 bits per heavy atom. The number of nitrogens with zero attached hydrogens (tertiary/aromatic N) is 1. The van der Waals surface area contributed by atoms with Crippen LogP contribution in [0.1, 0.15) is 27.7 Å². The van der Waals surface area contributed by atoms with E-state index in [1.165, 1.54) is 0 Å². The lowest BCUT2D eigenvalue weighted by Crippen LogP contribution is -2.31. The van der Waals surface area contributed by atoms with E-state index in [-0.39, 0.29) is 24.2 Å². The number of hydrogen-bond donors (Lipinski definition) is 0. The van der Waals surface area contributed by atoms with Gasteiger partial charge < -0.3 is 4.74 Å². The first-order chi connectivity index (χ1) is 6.49. The molecule has 5 nitrogen and oxygen atoms in total. The molecule has 0 aliphatic carbocycles. The molecule has 5 heteroatoms. The fourth-order valence-electron chi connectivity index (χ4n) is 0.615. The maximum atomic E-state index is 11.2. The van der Waals surface area contributed by atoms with Gasteiger partial charge in [-0.25, -0.2) is 4.84 Å². The van der Waals surface area contributed by atoms with Gasteiger partial charge in [0.25, 0.3) is 6.41 Å². The van der Waals surface area contributed by atoms with Crippen LogP contribution in [0, 0.1) is 11.8 Å². The Morgan fingerprint density at radius 3 is 2.21 bits per heavy atom. The zero-order valence-corrected chi connectivity index (χ0v) is 8.89. The molecule has 0 bridgehead atoms. The molecule has 0 aliphatic rings. The van der Waals surface area contributed by atoms with Crippen LogP contribution >= 0.6 is 0 Å². The van der Waals surface area contributed by atoms with E-state index in [0.717, 1.165) is 0 Å². The number of hydrogen-bond acceptors (Lipinski definition) is 4. The van der Waals surface area contributed by atoms with Crippen molar-refractivity contribution in [2.45, 2.75) is 34.0 Å². The first-order valence-corrected chi connectivity index (χ1v) is 4.49. The third-order valence-electron chi connectivity index (χ3n) is 1.46. The molecule has 0 aliphatic heterocycles. The van der Waals surface area contributed by atoms with E-state index < -0.39 is 6.29 Å². The van der Waals surface area contributed by atoms with Gasteiger partial charge in [0.15, 0.2) is 0 Å². The molecule has 1 atom stereocenters. The van der Waals surface area contributed by atoms with Crippen LogP contribution < -0.4 is 5.48 Å². The molecule has 0 fully saturated rings. The molecule has 0 N–H and O–H groups in total. The molecule has 1 radical (unpaired) electrons. The maximum Gasteiger partial charge on any atom is 0.310 e. The van der Waals surface area contributed by atoms with Gasteiger partial charge in [0.1, 0.15) is 0 Å². The highest BCUT2D eigenvalue weighted by atomic mass is 16.8. The molecule has 0 saturated heterocycles. The number of ether oxygens (including phenoxy) is 1. The molecule has 81 valence electrons. The summed E-state index contributed by atoms with van der Waals surface area (Å²) >= 11 is 0. The Bertz CT molecular complexity index is 191. The number of amides is 1. The SMILES string of the molecule is CC(C)C(=O)OC(O[N]C=O)C(C)C. The van der Waals surface area contributed by atoms with Crippen LogP contribution in [-0.4, -0.2) is 18.7 Å². The van der Waals surface area contributed by atoms with Crippen molar-refractivity contribution < 1.29 is 19.2 Å². The molecule has 0 spiro atoms. The van der Waals surface area contributed by atoms with Gasteiger partial charge >= 0.3 is 5.97 Å².